The van der Waals surface area contributed by atoms with Crippen LogP contribution in [-0.2, 0) is 36.0 Å². The highest BCUT2D eigenvalue weighted by atomic mass is 16.5. The van der Waals surface area contributed by atoms with Gasteiger partial charge in [0, 0.05) is 64.1 Å². The number of hydrogen-bond acceptors (Lipinski definition) is 8. The summed E-state index contributed by atoms with van der Waals surface area (Å²) in [5.74, 6) is 1.42. The Morgan fingerprint density at radius 1 is 1.18 bits per heavy atom. The van der Waals surface area contributed by atoms with E-state index in [0.717, 1.165) is 64.2 Å². The number of nitrogens with one attached hydrogen (secondary N) is 1. The van der Waals surface area contributed by atoms with Crippen LogP contribution in [0.3, 0.4) is 0 Å². The van der Waals surface area contributed by atoms with Crippen LogP contribution in [0.5, 0.6) is 0 Å². The molecule has 3 aromatic heterocycles. The molecule has 0 bridgehead atoms. The summed E-state index contributed by atoms with van der Waals surface area (Å²) in [6.45, 7) is 5.81. The normalized spacial score (nSPS) is 13.5. The number of fused-ring (bicyclic) bond motifs is 3. The van der Waals surface area contributed by atoms with Crippen molar-refractivity contribution in [3.63, 3.8) is 0 Å². The van der Waals surface area contributed by atoms with Crippen molar-refractivity contribution in [3.05, 3.63) is 65.6 Å². The Kier molecular flexibility index (Phi) is 9.64. The SMILES string of the molecule is CCC(C)/C=C(\C=NCCOC)c1ccc(-c2c3c(nn2C)CCc2cnc(Nc4ccn(CC(=O)N(C)C)n4)nc2-3)cc1. The maximum atomic E-state index is 12.1. The van der Waals surface area contributed by atoms with E-state index in [9.17, 15) is 4.79 Å². The average Bonchev–Trinajstić information content (AvgIpc) is 3.61. The van der Waals surface area contributed by atoms with Crippen molar-refractivity contribution < 1.29 is 9.53 Å². The molecule has 11 nitrogen and oxygen atoms in total. The number of carbonyl (C=O) groups excluding carboxylic acids is 1. The first-order valence-electron chi connectivity index (χ1n) is 15.0. The topological polar surface area (TPSA) is 115 Å². The van der Waals surface area contributed by atoms with Crippen molar-refractivity contribution in [2.75, 3.05) is 39.7 Å². The number of benzene rings is 1. The minimum Gasteiger partial charge on any atom is -0.383 e. The molecule has 3 heterocycles. The van der Waals surface area contributed by atoms with E-state index < -0.39 is 0 Å². The second kappa shape index (κ2) is 13.8. The van der Waals surface area contributed by atoms with Crippen molar-refractivity contribution in [3.8, 4) is 22.5 Å². The molecule has 0 saturated carbocycles. The van der Waals surface area contributed by atoms with Crippen molar-refractivity contribution in [2.24, 2.45) is 18.0 Å². The number of hydrogen-bond donors (Lipinski definition) is 1. The second-order valence-corrected chi connectivity index (χ2v) is 11.3. The van der Waals surface area contributed by atoms with Gasteiger partial charge in [-0.05, 0) is 35.5 Å². The summed E-state index contributed by atoms with van der Waals surface area (Å²) < 4.78 is 8.71. The van der Waals surface area contributed by atoms with Gasteiger partial charge in [-0.2, -0.15) is 10.2 Å². The lowest BCUT2D eigenvalue weighted by molar-refractivity contribution is -0.129. The predicted molar refractivity (Wildman–Crippen MR) is 174 cm³/mol. The summed E-state index contributed by atoms with van der Waals surface area (Å²) in [6, 6.07) is 10.4. The molecule has 0 radical (unpaired) electrons. The van der Waals surface area contributed by atoms with Crippen molar-refractivity contribution >= 4 is 29.5 Å². The monoisotopic (exact) mass is 595 g/mol. The Morgan fingerprint density at radius 3 is 2.70 bits per heavy atom. The molecule has 1 aromatic carbocycles. The Morgan fingerprint density at radius 2 is 1.98 bits per heavy atom. The molecule has 4 aromatic rings. The lowest BCUT2D eigenvalue weighted by atomic mass is 9.91. The molecular weight excluding hydrogens is 554 g/mol. The lowest BCUT2D eigenvalue weighted by Gasteiger charge is -2.17. The van der Waals surface area contributed by atoms with Gasteiger partial charge in [0.15, 0.2) is 5.82 Å². The number of rotatable bonds is 12. The highest BCUT2D eigenvalue weighted by Crippen LogP contribution is 2.40. The molecular formula is C33H41N9O2. The molecule has 1 N–H and O–H groups in total. The smallest absolute Gasteiger partial charge is 0.243 e. The lowest BCUT2D eigenvalue weighted by Crippen LogP contribution is -2.26. The Balaban J connectivity index is 1.44. The first kappa shape index (κ1) is 30.8. The fraction of sp³-hybridized carbons (Fsp3) is 0.394. The van der Waals surface area contributed by atoms with Crippen molar-refractivity contribution in [1.82, 2.24) is 34.4 Å². The molecule has 1 aliphatic carbocycles. The van der Waals surface area contributed by atoms with Gasteiger partial charge in [0.2, 0.25) is 11.9 Å². The fourth-order valence-electron chi connectivity index (χ4n) is 5.13. The maximum absolute atomic E-state index is 12.1. The average molecular weight is 596 g/mol. The number of aromatic nitrogens is 6. The number of allylic oxidation sites excluding steroid dienone is 2. The molecule has 0 fully saturated rings. The van der Waals surface area contributed by atoms with Gasteiger partial charge >= 0.3 is 0 Å². The molecule has 1 amide bonds. The van der Waals surface area contributed by atoms with Crippen LogP contribution in [0.4, 0.5) is 11.8 Å². The maximum Gasteiger partial charge on any atom is 0.243 e. The Bertz CT molecular complexity index is 1660. The van der Waals surface area contributed by atoms with E-state index in [0.29, 0.717) is 30.8 Å². The van der Waals surface area contributed by atoms with E-state index >= 15 is 0 Å². The largest absolute Gasteiger partial charge is 0.383 e. The van der Waals surface area contributed by atoms with Gasteiger partial charge in [-0.15, -0.1) is 0 Å². The molecule has 11 heteroatoms. The molecule has 1 atom stereocenters. The number of anilines is 2. The predicted octanol–water partition coefficient (Wildman–Crippen LogP) is 4.82. The highest BCUT2D eigenvalue weighted by Gasteiger charge is 2.27. The van der Waals surface area contributed by atoms with Crippen molar-refractivity contribution in [2.45, 2.75) is 39.7 Å². The van der Waals surface area contributed by atoms with Gasteiger partial charge in [-0.1, -0.05) is 50.6 Å². The summed E-state index contributed by atoms with van der Waals surface area (Å²) in [7, 11) is 7.13. The molecule has 44 heavy (non-hydrogen) atoms. The van der Waals surface area contributed by atoms with E-state index in [1.807, 2.05) is 24.1 Å². The van der Waals surface area contributed by atoms with Crippen LogP contribution in [0.25, 0.3) is 28.1 Å². The van der Waals surface area contributed by atoms with Gasteiger partial charge in [-0.3, -0.25) is 19.2 Å². The zero-order valence-corrected chi connectivity index (χ0v) is 26.4. The Hall–Kier alpha value is -4.64. The van der Waals surface area contributed by atoms with Gasteiger partial charge in [-0.25, -0.2) is 9.97 Å². The first-order valence-corrected chi connectivity index (χ1v) is 15.0. The van der Waals surface area contributed by atoms with E-state index in [1.54, 1.807) is 43.1 Å². The number of amides is 1. The number of aliphatic imine (C=N–C) groups is 1. The van der Waals surface area contributed by atoms with Crippen LogP contribution in [0.15, 0.2) is 53.8 Å². The Labute approximate surface area is 258 Å². The third-order valence-corrected chi connectivity index (χ3v) is 7.78. The third-order valence-electron chi connectivity index (χ3n) is 7.78. The highest BCUT2D eigenvalue weighted by molar-refractivity contribution is 6.10. The minimum atomic E-state index is -0.0349. The summed E-state index contributed by atoms with van der Waals surface area (Å²) in [5, 5.41) is 12.6. The third kappa shape index (κ3) is 6.94. The molecule has 0 aliphatic heterocycles. The van der Waals surface area contributed by atoms with Gasteiger partial charge < -0.3 is 15.0 Å². The standard InChI is InChI=1S/C33H41N9O2/c1-7-22(2)18-26(19-34-15-17-44-6)23-8-10-24(11-9-23)32-30-27(38-41(32)5)13-12-25-20-35-33(37-31(25)30)36-28-14-16-42(39-28)21-29(43)40(3)4/h8-11,14,16,18-20,22H,7,12-13,15,17,21H2,1-6H3,(H,35,36,37,39)/b26-18+,34-19?. The quantitative estimate of drug-likeness (QED) is 0.185. The number of likely N-dealkylation sites (N-methyl/N-ethyl adjacent to an activating group) is 1. The van der Waals surface area contributed by atoms with Crippen LogP contribution < -0.4 is 5.32 Å². The van der Waals surface area contributed by atoms with Crippen LogP contribution in [0.1, 0.15) is 37.1 Å². The van der Waals surface area contributed by atoms with Gasteiger partial charge in [0.05, 0.1) is 30.2 Å². The fourth-order valence-corrected chi connectivity index (χ4v) is 5.13. The minimum absolute atomic E-state index is 0.0349. The molecule has 0 spiro atoms. The number of methoxy groups -OCH3 is 1. The van der Waals surface area contributed by atoms with Crippen LogP contribution >= 0.6 is 0 Å². The number of carbonyl (C=O) groups is 1. The number of ether oxygens (including phenoxy) is 1. The summed E-state index contributed by atoms with van der Waals surface area (Å²) in [6.07, 6.45) is 10.6. The van der Waals surface area contributed by atoms with Crippen LogP contribution in [0.2, 0.25) is 0 Å². The summed E-state index contributed by atoms with van der Waals surface area (Å²) in [4.78, 5) is 27.7. The van der Waals surface area contributed by atoms with Gasteiger partial charge in [0.1, 0.15) is 6.54 Å². The number of nitrogens with zero attached hydrogens (tertiary/aromatic N) is 8. The van der Waals surface area contributed by atoms with Crippen LogP contribution in [-0.4, -0.2) is 80.9 Å². The summed E-state index contributed by atoms with van der Waals surface area (Å²) >= 11 is 0. The second-order valence-electron chi connectivity index (χ2n) is 11.3. The van der Waals surface area contributed by atoms with E-state index in [4.69, 9.17) is 14.8 Å². The van der Waals surface area contributed by atoms with E-state index in [-0.39, 0.29) is 12.5 Å². The van der Waals surface area contributed by atoms with Gasteiger partial charge in [0.25, 0.3) is 0 Å². The van der Waals surface area contributed by atoms with Crippen LogP contribution in [0, 0.1) is 5.92 Å². The zero-order chi connectivity index (χ0) is 31.2. The summed E-state index contributed by atoms with van der Waals surface area (Å²) in [5.41, 5.74) is 8.33. The van der Waals surface area contributed by atoms with Crippen molar-refractivity contribution in [1.29, 1.82) is 0 Å². The molecule has 5 rings (SSSR count). The molecule has 1 aliphatic rings. The molecule has 1 unspecified atom stereocenters. The zero-order valence-electron chi connectivity index (χ0n) is 26.4. The molecule has 230 valence electrons. The first-order chi connectivity index (χ1) is 21.3. The number of aryl methyl sites for hydroxylation is 3. The van der Waals surface area contributed by atoms with E-state index in [2.05, 4.69) is 64.6 Å². The van der Waals surface area contributed by atoms with E-state index in [1.165, 1.54) is 0 Å². The molecule has 0 saturated heterocycles.